The molecule has 0 radical (unpaired) electrons. The molecule has 1 atom stereocenters. The van der Waals surface area contributed by atoms with Gasteiger partial charge in [0.25, 0.3) is 0 Å². The first-order valence-corrected chi connectivity index (χ1v) is 13.4. The Balaban J connectivity index is 1.20. The van der Waals surface area contributed by atoms with Gasteiger partial charge in [-0.25, -0.2) is 19.9 Å². The number of fused-ring (bicyclic) bond motifs is 1. The molecule has 0 amide bonds. The second-order valence-electron chi connectivity index (χ2n) is 10.4. The molecule has 5 aromatic rings. The monoisotopic (exact) mass is 519 g/mol. The molecule has 2 aromatic carbocycles. The normalized spacial score (nSPS) is 15.0. The minimum atomic E-state index is 0.0382. The molecule has 0 saturated carbocycles. The number of piperazine rings is 1. The molecule has 1 N–H and O–H groups in total. The molecule has 1 aliphatic heterocycles. The number of hydrogen-bond donors (Lipinski definition) is 1. The van der Waals surface area contributed by atoms with Gasteiger partial charge in [-0.15, -0.1) is 0 Å². The fraction of sp³-hybridized carbons (Fsp3) is 0.290. The zero-order chi connectivity index (χ0) is 26.9. The molecular weight excluding hydrogens is 486 g/mol. The van der Waals surface area contributed by atoms with Gasteiger partial charge in [0, 0.05) is 67.2 Å². The highest BCUT2D eigenvalue weighted by atomic mass is 16.3. The first-order valence-electron chi connectivity index (χ1n) is 13.4. The van der Waals surface area contributed by atoms with Crippen molar-refractivity contribution in [1.82, 2.24) is 24.8 Å². The number of nitrogens with one attached hydrogen (secondary N) is 1. The van der Waals surface area contributed by atoms with Crippen LogP contribution in [0.3, 0.4) is 0 Å². The van der Waals surface area contributed by atoms with Crippen LogP contribution in [0.15, 0.2) is 71.6 Å². The molecule has 0 bridgehead atoms. The summed E-state index contributed by atoms with van der Waals surface area (Å²) in [6.45, 7) is 10.1. The summed E-state index contributed by atoms with van der Waals surface area (Å²) in [5.41, 5.74) is 7.17. The van der Waals surface area contributed by atoms with Gasteiger partial charge in [0.15, 0.2) is 0 Å². The van der Waals surface area contributed by atoms with E-state index in [-0.39, 0.29) is 6.04 Å². The van der Waals surface area contributed by atoms with Gasteiger partial charge < -0.3 is 19.5 Å². The average molecular weight is 520 g/mol. The van der Waals surface area contributed by atoms with Crippen molar-refractivity contribution in [3.8, 4) is 22.4 Å². The average Bonchev–Trinajstić information content (AvgIpc) is 3.33. The minimum absolute atomic E-state index is 0.0382. The van der Waals surface area contributed by atoms with Gasteiger partial charge in [-0.1, -0.05) is 18.2 Å². The molecule has 1 fully saturated rings. The van der Waals surface area contributed by atoms with Gasteiger partial charge in [0.05, 0.1) is 12.0 Å². The van der Waals surface area contributed by atoms with E-state index in [2.05, 4.69) is 81.3 Å². The van der Waals surface area contributed by atoms with Crippen LogP contribution in [0.25, 0.3) is 33.4 Å². The van der Waals surface area contributed by atoms with Crippen molar-refractivity contribution < 1.29 is 4.42 Å². The summed E-state index contributed by atoms with van der Waals surface area (Å²) in [4.78, 5) is 23.3. The SMILES string of the molecule is Cc1nc(N[C@@H](C)c2cccc(-c3cnc(N4CCN(C)CC4)nc3)c2)cc(-c2ccc3occ(C)c3c2)n1. The molecule has 8 heteroatoms. The van der Waals surface area contributed by atoms with Crippen LogP contribution in [-0.4, -0.2) is 58.1 Å². The first-order chi connectivity index (χ1) is 18.9. The largest absolute Gasteiger partial charge is 0.464 e. The number of furan rings is 1. The fourth-order valence-electron chi connectivity index (χ4n) is 5.04. The molecule has 1 saturated heterocycles. The van der Waals surface area contributed by atoms with Crippen LogP contribution < -0.4 is 10.2 Å². The number of likely N-dealkylation sites (N-methyl/N-ethyl adjacent to an activating group) is 1. The van der Waals surface area contributed by atoms with Crippen molar-refractivity contribution in [2.24, 2.45) is 0 Å². The lowest BCUT2D eigenvalue weighted by molar-refractivity contribution is 0.311. The standard InChI is InChI=1S/C31H33N7O/c1-20-19-39-29-9-8-25(15-27(20)29)28-16-30(36-22(3)35-28)34-21(2)23-6-5-7-24(14-23)26-17-32-31(33-18-26)38-12-10-37(4)11-13-38/h5-9,14-19,21H,10-13H2,1-4H3,(H,34,35,36)/t21-/m0/s1. The summed E-state index contributed by atoms with van der Waals surface area (Å²) in [6.07, 6.45) is 5.64. The molecular formula is C31H33N7O. The van der Waals surface area contributed by atoms with Gasteiger partial charge >= 0.3 is 0 Å². The highest BCUT2D eigenvalue weighted by Crippen LogP contribution is 2.29. The van der Waals surface area contributed by atoms with Crippen molar-refractivity contribution in [2.45, 2.75) is 26.8 Å². The summed E-state index contributed by atoms with van der Waals surface area (Å²) >= 11 is 0. The molecule has 0 spiro atoms. The van der Waals surface area contributed by atoms with Crippen molar-refractivity contribution in [1.29, 1.82) is 0 Å². The summed E-state index contributed by atoms with van der Waals surface area (Å²) in [5.74, 6) is 2.31. The van der Waals surface area contributed by atoms with Crippen molar-refractivity contribution in [3.05, 3.63) is 84.1 Å². The lowest BCUT2D eigenvalue weighted by Gasteiger charge is -2.32. The van der Waals surface area contributed by atoms with E-state index in [1.807, 2.05) is 37.5 Å². The maximum atomic E-state index is 5.61. The van der Waals surface area contributed by atoms with Gasteiger partial charge in [0.2, 0.25) is 5.95 Å². The summed E-state index contributed by atoms with van der Waals surface area (Å²) in [6, 6.07) is 16.7. The molecule has 1 aliphatic rings. The third kappa shape index (κ3) is 5.33. The smallest absolute Gasteiger partial charge is 0.225 e. The molecule has 3 aromatic heterocycles. The van der Waals surface area contributed by atoms with Crippen LogP contribution in [0.1, 0.15) is 29.9 Å². The van der Waals surface area contributed by atoms with E-state index in [1.165, 1.54) is 0 Å². The molecule has 198 valence electrons. The van der Waals surface area contributed by atoms with E-state index in [1.54, 1.807) is 6.26 Å². The quantitative estimate of drug-likeness (QED) is 0.297. The Bertz CT molecular complexity index is 1600. The topological polar surface area (TPSA) is 83.2 Å². The Hall–Kier alpha value is -4.30. The Labute approximate surface area is 228 Å². The molecule has 8 nitrogen and oxygen atoms in total. The Morgan fingerprint density at radius 3 is 2.46 bits per heavy atom. The molecule has 0 unspecified atom stereocenters. The zero-order valence-electron chi connectivity index (χ0n) is 22.8. The van der Waals surface area contributed by atoms with Crippen LogP contribution in [0.4, 0.5) is 11.8 Å². The number of benzene rings is 2. The van der Waals surface area contributed by atoms with E-state index in [0.29, 0.717) is 0 Å². The lowest BCUT2D eigenvalue weighted by Crippen LogP contribution is -2.45. The van der Waals surface area contributed by atoms with E-state index in [4.69, 9.17) is 9.40 Å². The highest BCUT2D eigenvalue weighted by Gasteiger charge is 2.17. The fourth-order valence-corrected chi connectivity index (χ4v) is 5.04. The van der Waals surface area contributed by atoms with Gasteiger partial charge in [-0.3, -0.25) is 0 Å². The third-order valence-corrected chi connectivity index (χ3v) is 7.41. The Kier molecular flexibility index (Phi) is 6.70. The molecule has 39 heavy (non-hydrogen) atoms. The van der Waals surface area contributed by atoms with Crippen molar-refractivity contribution in [3.63, 3.8) is 0 Å². The first kappa shape index (κ1) is 25.0. The summed E-state index contributed by atoms with van der Waals surface area (Å²) in [5, 5.41) is 4.68. The third-order valence-electron chi connectivity index (χ3n) is 7.41. The van der Waals surface area contributed by atoms with Crippen LogP contribution >= 0.6 is 0 Å². The van der Waals surface area contributed by atoms with Crippen LogP contribution in [0.5, 0.6) is 0 Å². The maximum Gasteiger partial charge on any atom is 0.225 e. The van der Waals surface area contributed by atoms with Gasteiger partial charge in [0.1, 0.15) is 17.2 Å². The van der Waals surface area contributed by atoms with Gasteiger partial charge in [-0.2, -0.15) is 0 Å². The number of nitrogens with zero attached hydrogens (tertiary/aromatic N) is 6. The number of aromatic nitrogens is 4. The van der Waals surface area contributed by atoms with Gasteiger partial charge in [-0.05, 0) is 68.8 Å². The van der Waals surface area contributed by atoms with E-state index >= 15 is 0 Å². The van der Waals surface area contributed by atoms with Crippen LogP contribution in [0, 0.1) is 13.8 Å². The van der Waals surface area contributed by atoms with E-state index in [9.17, 15) is 0 Å². The summed E-state index contributed by atoms with van der Waals surface area (Å²) in [7, 11) is 2.15. The van der Waals surface area contributed by atoms with Crippen LogP contribution in [-0.2, 0) is 0 Å². The number of rotatable bonds is 6. The second-order valence-corrected chi connectivity index (χ2v) is 10.4. The lowest BCUT2D eigenvalue weighted by atomic mass is 10.0. The predicted octanol–water partition coefficient (Wildman–Crippen LogP) is 5.89. The zero-order valence-corrected chi connectivity index (χ0v) is 22.8. The predicted molar refractivity (Wildman–Crippen MR) is 156 cm³/mol. The second kappa shape index (κ2) is 10.5. The van der Waals surface area contributed by atoms with E-state index < -0.39 is 0 Å². The molecule has 4 heterocycles. The van der Waals surface area contributed by atoms with Crippen LogP contribution in [0.2, 0.25) is 0 Å². The molecule has 6 rings (SSSR count). The maximum absolute atomic E-state index is 5.61. The summed E-state index contributed by atoms with van der Waals surface area (Å²) < 4.78 is 5.61. The van der Waals surface area contributed by atoms with Crippen molar-refractivity contribution in [2.75, 3.05) is 43.4 Å². The number of hydrogen-bond acceptors (Lipinski definition) is 8. The minimum Gasteiger partial charge on any atom is -0.464 e. The number of anilines is 2. The number of aryl methyl sites for hydroxylation is 2. The van der Waals surface area contributed by atoms with E-state index in [0.717, 1.165) is 88.3 Å². The van der Waals surface area contributed by atoms with Crippen molar-refractivity contribution >= 4 is 22.7 Å². The molecule has 0 aliphatic carbocycles. The highest BCUT2D eigenvalue weighted by molar-refractivity contribution is 5.85. The Morgan fingerprint density at radius 1 is 0.872 bits per heavy atom. The Morgan fingerprint density at radius 2 is 1.67 bits per heavy atom.